The molecular weight excluding hydrogens is 412 g/mol. The van der Waals surface area contributed by atoms with Crippen LogP contribution in [0.25, 0.3) is 0 Å². The third-order valence-electron chi connectivity index (χ3n) is 5.46. The minimum atomic E-state index is -3.65. The van der Waals surface area contributed by atoms with E-state index in [4.69, 9.17) is 0 Å². The quantitative estimate of drug-likeness (QED) is 0.614. The van der Waals surface area contributed by atoms with Crippen molar-refractivity contribution in [1.29, 1.82) is 0 Å². The highest BCUT2D eigenvalue weighted by atomic mass is 32.2. The molecule has 4 rings (SSSR count). The first kappa shape index (κ1) is 21.1. The molecule has 1 aliphatic heterocycles. The Morgan fingerprint density at radius 2 is 1.68 bits per heavy atom. The first-order valence-corrected chi connectivity index (χ1v) is 11.5. The Labute approximate surface area is 182 Å². The van der Waals surface area contributed by atoms with E-state index < -0.39 is 10.0 Å². The van der Waals surface area contributed by atoms with Crippen LogP contribution in [0.5, 0.6) is 0 Å². The van der Waals surface area contributed by atoms with Crippen LogP contribution in [-0.4, -0.2) is 47.1 Å². The molecule has 3 aromatic rings. The first-order chi connectivity index (χ1) is 14.8. The van der Waals surface area contributed by atoms with Crippen molar-refractivity contribution in [1.82, 2.24) is 19.2 Å². The largest absolute Gasteiger partial charge is 0.334 e. The van der Waals surface area contributed by atoms with Crippen molar-refractivity contribution >= 4 is 15.9 Å². The molecule has 0 saturated heterocycles. The fraction of sp³-hybridized carbons (Fsp3) is 0.261. The van der Waals surface area contributed by atoms with Gasteiger partial charge in [-0.25, -0.2) is 18.4 Å². The molecule has 0 unspecified atom stereocenters. The van der Waals surface area contributed by atoms with Crippen molar-refractivity contribution < 1.29 is 13.2 Å². The highest BCUT2D eigenvalue weighted by Gasteiger charge is 2.24. The standard InChI is InChI=1S/C23H24N4O3S/c1-17-7-9-21(10-8-17)31(29,30)26(2)16-22-24-13-20(14-25-22)23(28)27-12-11-18-5-3-4-6-19(18)15-27/h3-10,13-14H,11-12,15-16H2,1-2H3. The number of hydrogen-bond donors (Lipinski definition) is 0. The molecule has 8 heteroatoms. The summed E-state index contributed by atoms with van der Waals surface area (Å²) in [5.41, 5.74) is 3.81. The number of nitrogens with zero attached hydrogens (tertiary/aromatic N) is 4. The Kier molecular flexibility index (Phi) is 5.84. The minimum Gasteiger partial charge on any atom is -0.334 e. The Morgan fingerprint density at radius 3 is 2.35 bits per heavy atom. The van der Waals surface area contributed by atoms with Crippen LogP contribution in [0, 0.1) is 6.92 Å². The molecule has 1 amide bonds. The monoisotopic (exact) mass is 436 g/mol. The molecule has 0 saturated carbocycles. The average molecular weight is 437 g/mol. The lowest BCUT2D eigenvalue weighted by molar-refractivity contribution is 0.0733. The second-order valence-corrected chi connectivity index (χ2v) is 9.75. The zero-order valence-electron chi connectivity index (χ0n) is 17.5. The van der Waals surface area contributed by atoms with E-state index in [1.54, 1.807) is 29.2 Å². The number of aromatic nitrogens is 2. The van der Waals surface area contributed by atoms with E-state index in [9.17, 15) is 13.2 Å². The van der Waals surface area contributed by atoms with E-state index >= 15 is 0 Å². The summed E-state index contributed by atoms with van der Waals surface area (Å²) in [6.07, 6.45) is 3.76. The maximum Gasteiger partial charge on any atom is 0.257 e. The van der Waals surface area contributed by atoms with Gasteiger partial charge in [0.05, 0.1) is 17.0 Å². The first-order valence-electron chi connectivity index (χ1n) is 10.0. The molecule has 1 aliphatic rings. The van der Waals surface area contributed by atoms with E-state index in [2.05, 4.69) is 16.0 Å². The second-order valence-electron chi connectivity index (χ2n) is 7.71. The average Bonchev–Trinajstić information content (AvgIpc) is 2.79. The molecule has 2 heterocycles. The Balaban J connectivity index is 1.43. The van der Waals surface area contributed by atoms with Crippen LogP contribution >= 0.6 is 0 Å². The van der Waals surface area contributed by atoms with E-state index in [1.807, 2.05) is 25.1 Å². The van der Waals surface area contributed by atoms with Gasteiger partial charge in [0.15, 0.2) is 0 Å². The van der Waals surface area contributed by atoms with Crippen molar-refractivity contribution in [3.05, 3.63) is 89.0 Å². The number of benzene rings is 2. The number of aryl methyl sites for hydroxylation is 1. The van der Waals surface area contributed by atoms with E-state index in [0.29, 0.717) is 24.5 Å². The molecular formula is C23H24N4O3S. The molecule has 160 valence electrons. The fourth-order valence-corrected chi connectivity index (χ4v) is 4.70. The number of hydrogen-bond acceptors (Lipinski definition) is 5. The van der Waals surface area contributed by atoms with Crippen molar-refractivity contribution in [3.63, 3.8) is 0 Å². The summed E-state index contributed by atoms with van der Waals surface area (Å²) in [5, 5.41) is 0. The summed E-state index contributed by atoms with van der Waals surface area (Å²) in [5.74, 6) is 0.209. The molecule has 0 N–H and O–H groups in total. The van der Waals surface area contributed by atoms with Gasteiger partial charge in [0.2, 0.25) is 10.0 Å². The van der Waals surface area contributed by atoms with E-state index in [0.717, 1.165) is 17.5 Å². The molecule has 7 nitrogen and oxygen atoms in total. The van der Waals surface area contributed by atoms with Gasteiger partial charge in [0.25, 0.3) is 5.91 Å². The van der Waals surface area contributed by atoms with Crippen LogP contribution in [0.1, 0.15) is 32.9 Å². The van der Waals surface area contributed by atoms with Gasteiger partial charge in [-0.2, -0.15) is 4.31 Å². The van der Waals surface area contributed by atoms with Gasteiger partial charge < -0.3 is 4.90 Å². The third kappa shape index (κ3) is 4.50. The third-order valence-corrected chi connectivity index (χ3v) is 7.28. The smallest absolute Gasteiger partial charge is 0.257 e. The summed E-state index contributed by atoms with van der Waals surface area (Å²) < 4.78 is 26.7. The highest BCUT2D eigenvalue weighted by molar-refractivity contribution is 7.89. The summed E-state index contributed by atoms with van der Waals surface area (Å²) in [6, 6.07) is 14.8. The van der Waals surface area contributed by atoms with Gasteiger partial charge in [-0.3, -0.25) is 4.79 Å². The molecule has 0 aliphatic carbocycles. The van der Waals surface area contributed by atoms with Crippen LogP contribution in [-0.2, 0) is 29.5 Å². The zero-order valence-corrected chi connectivity index (χ0v) is 18.3. The van der Waals surface area contributed by atoms with Crippen molar-refractivity contribution in [3.8, 4) is 0 Å². The number of sulfonamides is 1. The molecule has 0 bridgehead atoms. The van der Waals surface area contributed by atoms with Crippen molar-refractivity contribution in [2.45, 2.75) is 31.3 Å². The molecule has 0 atom stereocenters. The summed E-state index contributed by atoms with van der Waals surface area (Å²) in [7, 11) is -2.16. The molecule has 0 fully saturated rings. The normalized spacial score (nSPS) is 13.8. The Bertz CT molecular complexity index is 1190. The fourth-order valence-electron chi connectivity index (χ4n) is 3.57. The Hall–Kier alpha value is -3.10. The lowest BCUT2D eigenvalue weighted by Gasteiger charge is -2.28. The SMILES string of the molecule is Cc1ccc(S(=O)(=O)N(C)Cc2ncc(C(=O)N3CCc4ccccc4C3)cn2)cc1. The van der Waals surface area contributed by atoms with Gasteiger partial charge in [-0.15, -0.1) is 0 Å². The molecule has 31 heavy (non-hydrogen) atoms. The lowest BCUT2D eigenvalue weighted by Crippen LogP contribution is -2.36. The van der Waals surface area contributed by atoms with Gasteiger partial charge in [0, 0.05) is 32.5 Å². The zero-order chi connectivity index (χ0) is 22.0. The van der Waals surface area contributed by atoms with Gasteiger partial charge in [-0.1, -0.05) is 42.0 Å². The van der Waals surface area contributed by atoms with Crippen molar-refractivity contribution in [2.24, 2.45) is 0 Å². The topological polar surface area (TPSA) is 83.5 Å². The molecule has 1 aromatic heterocycles. The predicted octanol–water partition coefficient (Wildman–Crippen LogP) is 2.80. The molecule has 0 radical (unpaired) electrons. The van der Waals surface area contributed by atoms with Gasteiger partial charge in [0.1, 0.15) is 5.82 Å². The maximum atomic E-state index is 12.9. The van der Waals surface area contributed by atoms with Gasteiger partial charge in [-0.05, 0) is 36.6 Å². The predicted molar refractivity (Wildman–Crippen MR) is 117 cm³/mol. The number of amides is 1. The molecule has 0 spiro atoms. The molecule has 2 aromatic carbocycles. The summed E-state index contributed by atoms with van der Waals surface area (Å²) in [4.78, 5) is 23.3. The van der Waals surface area contributed by atoms with Crippen LogP contribution < -0.4 is 0 Å². The number of rotatable bonds is 5. The second kappa shape index (κ2) is 8.56. The minimum absolute atomic E-state index is 0.0156. The Morgan fingerprint density at radius 1 is 1.03 bits per heavy atom. The van der Waals surface area contributed by atoms with Gasteiger partial charge >= 0.3 is 0 Å². The van der Waals surface area contributed by atoms with Crippen molar-refractivity contribution in [2.75, 3.05) is 13.6 Å². The maximum absolute atomic E-state index is 12.9. The number of carbonyl (C=O) groups excluding carboxylic acids is 1. The van der Waals surface area contributed by atoms with Crippen LogP contribution in [0.3, 0.4) is 0 Å². The van der Waals surface area contributed by atoms with E-state index in [-0.39, 0.29) is 17.3 Å². The van der Waals surface area contributed by atoms with Crippen LogP contribution in [0.2, 0.25) is 0 Å². The van der Waals surface area contributed by atoms with Crippen LogP contribution in [0.15, 0.2) is 65.8 Å². The van der Waals surface area contributed by atoms with E-state index in [1.165, 1.54) is 29.3 Å². The number of fused-ring (bicyclic) bond motifs is 1. The number of carbonyl (C=O) groups is 1. The summed E-state index contributed by atoms with van der Waals surface area (Å²) >= 11 is 0. The summed E-state index contributed by atoms with van der Waals surface area (Å²) in [6.45, 7) is 3.13. The van der Waals surface area contributed by atoms with Crippen LogP contribution in [0.4, 0.5) is 0 Å². The lowest BCUT2D eigenvalue weighted by atomic mass is 9.99. The highest BCUT2D eigenvalue weighted by Crippen LogP contribution is 2.20.